The quantitative estimate of drug-likeness (QED) is 0.670. The van der Waals surface area contributed by atoms with E-state index in [4.69, 9.17) is 9.47 Å². The van der Waals surface area contributed by atoms with Gasteiger partial charge in [-0.15, -0.1) is 0 Å². The van der Waals surface area contributed by atoms with Crippen molar-refractivity contribution in [2.75, 3.05) is 6.61 Å². The lowest BCUT2D eigenvalue weighted by Gasteiger charge is -2.43. The van der Waals surface area contributed by atoms with Crippen LogP contribution in [-0.4, -0.2) is 45.7 Å². The van der Waals surface area contributed by atoms with Crippen LogP contribution in [0.2, 0.25) is 0 Å². The third kappa shape index (κ3) is 1.78. The molecular weight excluding hydrogens is 238 g/mol. The van der Waals surface area contributed by atoms with Gasteiger partial charge in [0.25, 0.3) is 0 Å². The first-order valence-electron chi connectivity index (χ1n) is 5.91. The Morgan fingerprint density at radius 1 is 1.33 bits per heavy atom. The van der Waals surface area contributed by atoms with Gasteiger partial charge in [-0.1, -0.05) is 0 Å². The Morgan fingerprint density at radius 2 is 2.17 bits per heavy atom. The van der Waals surface area contributed by atoms with Crippen molar-refractivity contribution in [2.24, 2.45) is 0 Å². The molecular formula is C12H15NO5. The SMILES string of the molecule is O=Cc1ccc2n1CC1(CC(O)C(O)CO1)OC2. The van der Waals surface area contributed by atoms with Gasteiger partial charge in [-0.05, 0) is 12.1 Å². The molecule has 3 heterocycles. The summed E-state index contributed by atoms with van der Waals surface area (Å²) in [6, 6.07) is 3.57. The van der Waals surface area contributed by atoms with Gasteiger partial charge in [-0.3, -0.25) is 4.79 Å². The largest absolute Gasteiger partial charge is 0.390 e. The number of aromatic nitrogens is 1. The molecule has 6 nitrogen and oxygen atoms in total. The molecule has 0 saturated carbocycles. The van der Waals surface area contributed by atoms with Crippen LogP contribution in [0, 0.1) is 0 Å². The first kappa shape index (κ1) is 11.9. The maximum Gasteiger partial charge on any atom is 0.189 e. The lowest BCUT2D eigenvalue weighted by Crippen LogP contribution is -2.54. The number of aldehydes is 1. The first-order valence-corrected chi connectivity index (χ1v) is 5.91. The molecule has 0 bridgehead atoms. The lowest BCUT2D eigenvalue weighted by atomic mass is 9.99. The van der Waals surface area contributed by atoms with Crippen molar-refractivity contribution in [3.8, 4) is 0 Å². The summed E-state index contributed by atoms with van der Waals surface area (Å²) in [7, 11) is 0. The Balaban J connectivity index is 1.87. The highest BCUT2D eigenvalue weighted by Crippen LogP contribution is 2.34. The first-order chi connectivity index (χ1) is 8.63. The molecule has 2 aliphatic heterocycles. The molecule has 6 heteroatoms. The van der Waals surface area contributed by atoms with Gasteiger partial charge in [0.1, 0.15) is 6.10 Å². The predicted molar refractivity (Wildman–Crippen MR) is 59.9 cm³/mol. The minimum Gasteiger partial charge on any atom is -0.390 e. The number of nitrogens with zero attached hydrogens (tertiary/aromatic N) is 1. The van der Waals surface area contributed by atoms with E-state index in [-0.39, 0.29) is 13.0 Å². The van der Waals surface area contributed by atoms with Crippen molar-refractivity contribution in [1.82, 2.24) is 4.57 Å². The zero-order valence-corrected chi connectivity index (χ0v) is 9.78. The van der Waals surface area contributed by atoms with E-state index in [0.717, 1.165) is 12.0 Å². The van der Waals surface area contributed by atoms with Gasteiger partial charge in [0.15, 0.2) is 12.1 Å². The molecule has 1 fully saturated rings. The molecule has 0 radical (unpaired) electrons. The number of carbonyl (C=O) groups is 1. The fourth-order valence-corrected chi connectivity index (χ4v) is 2.51. The number of hydrogen-bond donors (Lipinski definition) is 2. The Labute approximate surface area is 104 Å². The van der Waals surface area contributed by atoms with E-state index < -0.39 is 18.0 Å². The molecule has 3 rings (SSSR count). The molecule has 0 aromatic carbocycles. The van der Waals surface area contributed by atoms with E-state index in [1.165, 1.54) is 0 Å². The normalized spacial score (nSPS) is 35.4. The molecule has 3 atom stereocenters. The third-order valence-electron chi connectivity index (χ3n) is 3.59. The Hall–Kier alpha value is -1.21. The summed E-state index contributed by atoms with van der Waals surface area (Å²) in [5.41, 5.74) is 1.48. The van der Waals surface area contributed by atoms with Crippen LogP contribution in [0.25, 0.3) is 0 Å². The summed E-state index contributed by atoms with van der Waals surface area (Å²) in [5.74, 6) is -0.942. The van der Waals surface area contributed by atoms with Crippen molar-refractivity contribution in [2.45, 2.75) is 37.6 Å². The molecule has 0 aliphatic carbocycles. The molecule has 1 saturated heterocycles. The number of hydrogen-bond acceptors (Lipinski definition) is 5. The van der Waals surface area contributed by atoms with Crippen molar-refractivity contribution < 1.29 is 24.5 Å². The van der Waals surface area contributed by atoms with Crippen LogP contribution >= 0.6 is 0 Å². The average molecular weight is 253 g/mol. The smallest absolute Gasteiger partial charge is 0.189 e. The van der Waals surface area contributed by atoms with E-state index in [1.54, 1.807) is 6.07 Å². The van der Waals surface area contributed by atoms with Gasteiger partial charge in [-0.25, -0.2) is 0 Å². The summed E-state index contributed by atoms with van der Waals surface area (Å²) < 4.78 is 13.1. The van der Waals surface area contributed by atoms with E-state index in [2.05, 4.69) is 0 Å². The molecule has 1 aromatic rings. The second-order valence-electron chi connectivity index (χ2n) is 4.80. The van der Waals surface area contributed by atoms with Gasteiger partial charge in [0.05, 0.1) is 31.6 Å². The van der Waals surface area contributed by atoms with Crippen molar-refractivity contribution >= 4 is 6.29 Å². The maximum atomic E-state index is 10.9. The summed E-state index contributed by atoms with van der Waals surface area (Å²) in [6.07, 6.45) is -0.757. The summed E-state index contributed by atoms with van der Waals surface area (Å²) in [4.78, 5) is 10.9. The minimum atomic E-state index is -0.942. The highest BCUT2D eigenvalue weighted by molar-refractivity contribution is 5.72. The molecule has 18 heavy (non-hydrogen) atoms. The fourth-order valence-electron chi connectivity index (χ4n) is 2.51. The highest BCUT2D eigenvalue weighted by Gasteiger charge is 2.44. The standard InChI is InChI=1S/C12H15NO5/c14-4-8-1-2-9-5-17-12(7-13(8)9)3-10(15)11(16)6-18-12/h1-2,4,10-11,15-16H,3,5-7H2. The number of carbonyl (C=O) groups excluding carboxylic acids is 1. The van der Waals surface area contributed by atoms with Crippen LogP contribution in [0.5, 0.6) is 0 Å². The summed E-state index contributed by atoms with van der Waals surface area (Å²) in [6.45, 7) is 0.720. The van der Waals surface area contributed by atoms with Gasteiger partial charge in [0.2, 0.25) is 0 Å². The van der Waals surface area contributed by atoms with E-state index in [1.807, 2.05) is 10.6 Å². The Morgan fingerprint density at radius 3 is 2.89 bits per heavy atom. The van der Waals surface area contributed by atoms with Gasteiger partial charge in [0, 0.05) is 12.1 Å². The van der Waals surface area contributed by atoms with E-state index in [0.29, 0.717) is 18.8 Å². The molecule has 3 unspecified atom stereocenters. The maximum absolute atomic E-state index is 10.9. The van der Waals surface area contributed by atoms with Gasteiger partial charge in [-0.2, -0.15) is 0 Å². The zero-order chi connectivity index (χ0) is 12.8. The van der Waals surface area contributed by atoms with Crippen molar-refractivity contribution in [1.29, 1.82) is 0 Å². The number of ether oxygens (including phenoxy) is 2. The van der Waals surface area contributed by atoms with Gasteiger partial charge < -0.3 is 24.3 Å². The predicted octanol–water partition coefficient (Wildman–Crippen LogP) is -0.331. The number of aliphatic hydroxyl groups is 2. The molecule has 2 aliphatic rings. The molecule has 1 aromatic heterocycles. The number of aliphatic hydroxyl groups excluding tert-OH is 2. The number of rotatable bonds is 1. The third-order valence-corrected chi connectivity index (χ3v) is 3.59. The van der Waals surface area contributed by atoms with Crippen LogP contribution in [0.3, 0.4) is 0 Å². The van der Waals surface area contributed by atoms with Crippen LogP contribution in [0.1, 0.15) is 22.6 Å². The van der Waals surface area contributed by atoms with Crippen molar-refractivity contribution in [3.63, 3.8) is 0 Å². The second-order valence-corrected chi connectivity index (χ2v) is 4.80. The lowest BCUT2D eigenvalue weighted by molar-refractivity contribution is -0.310. The molecule has 0 amide bonds. The minimum absolute atomic E-state index is 0.0359. The Kier molecular flexibility index (Phi) is 2.74. The number of fused-ring (bicyclic) bond motifs is 1. The molecule has 1 spiro atoms. The van der Waals surface area contributed by atoms with Crippen LogP contribution in [0.15, 0.2) is 12.1 Å². The van der Waals surface area contributed by atoms with E-state index in [9.17, 15) is 15.0 Å². The van der Waals surface area contributed by atoms with Crippen LogP contribution < -0.4 is 0 Å². The van der Waals surface area contributed by atoms with Gasteiger partial charge >= 0.3 is 0 Å². The zero-order valence-electron chi connectivity index (χ0n) is 9.78. The van der Waals surface area contributed by atoms with E-state index >= 15 is 0 Å². The average Bonchev–Trinajstić information content (AvgIpc) is 2.76. The summed E-state index contributed by atoms with van der Waals surface area (Å²) in [5, 5.41) is 19.2. The summed E-state index contributed by atoms with van der Waals surface area (Å²) >= 11 is 0. The molecule has 2 N–H and O–H groups in total. The monoisotopic (exact) mass is 253 g/mol. The van der Waals surface area contributed by atoms with Crippen LogP contribution in [0.4, 0.5) is 0 Å². The fraction of sp³-hybridized carbons (Fsp3) is 0.583. The highest BCUT2D eigenvalue weighted by atomic mass is 16.7. The van der Waals surface area contributed by atoms with Crippen molar-refractivity contribution in [3.05, 3.63) is 23.5 Å². The van der Waals surface area contributed by atoms with Crippen LogP contribution in [-0.2, 0) is 22.6 Å². The second kappa shape index (κ2) is 4.17. The Bertz CT molecular complexity index is 471. The molecule has 98 valence electrons. The topological polar surface area (TPSA) is 80.9 Å².